The Balaban J connectivity index is 1.85. The number of rotatable bonds is 3. The van der Waals surface area contributed by atoms with Crippen molar-refractivity contribution in [2.45, 2.75) is 24.9 Å². The van der Waals surface area contributed by atoms with Crippen LogP contribution in [-0.4, -0.2) is 22.8 Å². The number of amides is 1. The summed E-state index contributed by atoms with van der Waals surface area (Å²) in [5, 5.41) is 3.57. The molecule has 2 aromatic rings. The van der Waals surface area contributed by atoms with Crippen LogP contribution in [0.1, 0.15) is 23.1 Å². The molecule has 1 aliphatic heterocycles. The van der Waals surface area contributed by atoms with Gasteiger partial charge in [0.25, 0.3) is 5.91 Å². The van der Waals surface area contributed by atoms with Gasteiger partial charge in [-0.3, -0.25) is 10.2 Å². The van der Waals surface area contributed by atoms with E-state index in [1.54, 1.807) is 30.3 Å². The van der Waals surface area contributed by atoms with Crippen LogP contribution in [0.4, 0.5) is 32.0 Å². The van der Waals surface area contributed by atoms with Crippen molar-refractivity contribution in [2.75, 3.05) is 5.01 Å². The monoisotopic (exact) mass is 476 g/mol. The number of oxime groups is 1. The molecule has 0 aliphatic carbocycles. The maximum atomic E-state index is 13.1. The summed E-state index contributed by atoms with van der Waals surface area (Å²) in [6.07, 6.45) is -11.4. The summed E-state index contributed by atoms with van der Waals surface area (Å²) in [5.41, 5.74) is 4.77. The number of nitrogens with two attached hydrogens (primary N) is 1. The molecule has 1 heterocycles. The second kappa shape index (κ2) is 8.65. The smallest absolute Gasteiger partial charge is 0.382 e. The molecule has 3 N–H and O–H groups in total. The maximum absolute atomic E-state index is 13.1. The van der Waals surface area contributed by atoms with E-state index in [1.165, 1.54) is 0 Å². The van der Waals surface area contributed by atoms with E-state index in [0.29, 0.717) is 28.4 Å². The van der Waals surface area contributed by atoms with E-state index in [9.17, 15) is 31.1 Å². The summed E-state index contributed by atoms with van der Waals surface area (Å²) in [4.78, 5) is 17.6. The first-order chi connectivity index (χ1) is 14.9. The Kier molecular flexibility index (Phi) is 6.30. The van der Waals surface area contributed by atoms with Gasteiger partial charge in [-0.1, -0.05) is 35.5 Å². The van der Waals surface area contributed by atoms with E-state index in [1.807, 2.05) is 0 Å². The predicted molar refractivity (Wildman–Crippen MR) is 106 cm³/mol. The predicted octanol–water partition coefficient (Wildman–Crippen LogP) is 4.00. The highest BCUT2D eigenvalue weighted by Gasteiger charge is 2.38. The van der Waals surface area contributed by atoms with Gasteiger partial charge in [-0.25, -0.2) is 5.01 Å². The summed E-state index contributed by atoms with van der Waals surface area (Å²) in [6.45, 7) is 0. The Morgan fingerprint density at radius 1 is 1.06 bits per heavy atom. The number of carbonyl (C=O) groups excluding carboxylic acids is 1. The molecular formula is C19H14F6N4O2S. The molecule has 32 heavy (non-hydrogen) atoms. The molecule has 0 fully saturated rings. The molecule has 2 aromatic carbocycles. The Labute approximate surface area is 182 Å². The van der Waals surface area contributed by atoms with Crippen LogP contribution in [0.2, 0.25) is 0 Å². The summed E-state index contributed by atoms with van der Waals surface area (Å²) in [7, 11) is 0. The van der Waals surface area contributed by atoms with Crippen molar-refractivity contribution in [2.24, 2.45) is 10.9 Å². The van der Waals surface area contributed by atoms with Crippen molar-refractivity contribution in [3.63, 3.8) is 0 Å². The highest BCUT2D eigenvalue weighted by atomic mass is 32.1. The molecule has 0 aromatic heterocycles. The molecule has 13 heteroatoms. The minimum atomic E-state index is -5.09. The van der Waals surface area contributed by atoms with Crippen molar-refractivity contribution < 1.29 is 36.0 Å². The van der Waals surface area contributed by atoms with Crippen LogP contribution < -0.4 is 16.2 Å². The van der Waals surface area contributed by atoms with Crippen molar-refractivity contribution >= 4 is 34.6 Å². The van der Waals surface area contributed by atoms with Gasteiger partial charge in [0, 0.05) is 6.42 Å². The van der Waals surface area contributed by atoms with Gasteiger partial charge in [-0.15, -0.1) is 0 Å². The number of thiocarbonyl (C=S) groups is 1. The van der Waals surface area contributed by atoms with E-state index in [4.69, 9.17) is 22.8 Å². The first-order valence-electron chi connectivity index (χ1n) is 8.84. The van der Waals surface area contributed by atoms with E-state index in [0.717, 1.165) is 0 Å². The molecule has 0 spiro atoms. The number of halogens is 6. The molecule has 0 saturated heterocycles. The first-order valence-corrected chi connectivity index (χ1v) is 9.24. The lowest BCUT2D eigenvalue weighted by Crippen LogP contribution is -2.52. The van der Waals surface area contributed by atoms with Crippen LogP contribution in [0.5, 0.6) is 0 Å². The molecule has 6 nitrogen and oxygen atoms in total. The van der Waals surface area contributed by atoms with Crippen LogP contribution in [0, 0.1) is 0 Å². The van der Waals surface area contributed by atoms with E-state index < -0.39 is 46.3 Å². The highest BCUT2D eigenvalue weighted by Crippen LogP contribution is 2.38. The molecule has 1 aliphatic rings. The van der Waals surface area contributed by atoms with Crippen LogP contribution in [-0.2, 0) is 22.0 Å². The van der Waals surface area contributed by atoms with Gasteiger partial charge in [0.15, 0.2) is 5.11 Å². The van der Waals surface area contributed by atoms with Crippen molar-refractivity contribution in [3.05, 3.63) is 65.2 Å². The number of hydrazine groups is 1. The van der Waals surface area contributed by atoms with E-state index >= 15 is 0 Å². The maximum Gasteiger partial charge on any atom is 0.416 e. The zero-order chi connectivity index (χ0) is 23.7. The van der Waals surface area contributed by atoms with Crippen LogP contribution >= 0.6 is 12.2 Å². The van der Waals surface area contributed by atoms with Gasteiger partial charge in [0.2, 0.25) is 6.10 Å². The van der Waals surface area contributed by atoms with Crippen LogP contribution in [0.3, 0.4) is 0 Å². The van der Waals surface area contributed by atoms with Gasteiger partial charge in [0.1, 0.15) is 0 Å². The Bertz CT molecular complexity index is 1020. The fourth-order valence-corrected chi connectivity index (χ4v) is 2.97. The summed E-state index contributed by atoms with van der Waals surface area (Å²) >= 11 is 4.72. The lowest BCUT2D eigenvalue weighted by atomic mass is 10.1. The molecule has 0 saturated carbocycles. The normalized spacial score (nSPS) is 16.2. The minimum Gasteiger partial charge on any atom is -0.382 e. The fourth-order valence-electron chi connectivity index (χ4n) is 2.82. The lowest BCUT2D eigenvalue weighted by molar-refractivity contribution is -0.143. The Morgan fingerprint density at radius 3 is 2.12 bits per heavy atom. The van der Waals surface area contributed by atoms with Crippen LogP contribution in [0.15, 0.2) is 53.7 Å². The zero-order valence-electron chi connectivity index (χ0n) is 15.9. The Morgan fingerprint density at radius 2 is 1.62 bits per heavy atom. The van der Waals surface area contributed by atoms with Crippen molar-refractivity contribution in [1.82, 2.24) is 5.43 Å². The molecule has 170 valence electrons. The molecule has 3 rings (SSSR count). The number of nitrogens with one attached hydrogen (secondary N) is 1. The van der Waals surface area contributed by atoms with Gasteiger partial charge in [-0.05, 0) is 36.0 Å². The molecule has 1 unspecified atom stereocenters. The summed E-state index contributed by atoms with van der Waals surface area (Å²) in [6, 6.07) is 9.43. The van der Waals surface area contributed by atoms with Crippen LogP contribution in [0.25, 0.3) is 0 Å². The second-order valence-corrected chi connectivity index (χ2v) is 7.03. The van der Waals surface area contributed by atoms with Crippen molar-refractivity contribution in [1.29, 1.82) is 0 Å². The minimum absolute atomic E-state index is 0.0113. The molecule has 0 radical (unpaired) electrons. The number of hydrogen-bond donors (Lipinski definition) is 2. The third-order valence-electron chi connectivity index (χ3n) is 4.34. The van der Waals surface area contributed by atoms with Gasteiger partial charge < -0.3 is 10.6 Å². The zero-order valence-corrected chi connectivity index (χ0v) is 16.7. The summed E-state index contributed by atoms with van der Waals surface area (Å²) < 4.78 is 78.8. The second-order valence-electron chi connectivity index (χ2n) is 6.62. The third-order valence-corrected chi connectivity index (χ3v) is 4.52. The van der Waals surface area contributed by atoms with Gasteiger partial charge in [-0.2, -0.15) is 26.3 Å². The average Bonchev–Trinajstić information content (AvgIpc) is 3.21. The quantitative estimate of drug-likeness (QED) is 0.398. The fraction of sp³-hybridized carbons (Fsp3) is 0.211. The van der Waals surface area contributed by atoms with Crippen molar-refractivity contribution in [3.8, 4) is 0 Å². The molecule has 1 amide bonds. The largest absolute Gasteiger partial charge is 0.416 e. The van der Waals surface area contributed by atoms with E-state index in [2.05, 4.69) is 10.6 Å². The number of hydrogen-bond acceptors (Lipinski definition) is 4. The first kappa shape index (κ1) is 23.3. The number of alkyl halides is 6. The molecule has 1 atom stereocenters. The van der Waals surface area contributed by atoms with Gasteiger partial charge in [0.05, 0.1) is 22.5 Å². The SMILES string of the molecule is NC(=S)N(NC(=O)C1CC(c2ccccc2)=NO1)c1cc(C(F)(F)F)cc(C(F)(F)F)c1. The third kappa shape index (κ3) is 5.28. The topological polar surface area (TPSA) is 80.0 Å². The lowest BCUT2D eigenvalue weighted by Gasteiger charge is -2.26. The highest BCUT2D eigenvalue weighted by molar-refractivity contribution is 7.80. The molecular weight excluding hydrogens is 462 g/mol. The Hall–Kier alpha value is -3.35. The van der Waals surface area contributed by atoms with E-state index in [-0.39, 0.29) is 12.5 Å². The number of carbonyl (C=O) groups is 1. The average molecular weight is 476 g/mol. The number of benzene rings is 2. The van der Waals surface area contributed by atoms with Gasteiger partial charge >= 0.3 is 12.4 Å². The summed E-state index contributed by atoms with van der Waals surface area (Å²) in [5.74, 6) is -0.918. The number of anilines is 1. The molecule has 0 bridgehead atoms. The standard InChI is InChI=1S/C19H14F6N4O2S/c20-18(21,22)11-6-12(19(23,24)25)8-13(7-11)29(17(26)32)27-16(30)15-9-14(28-31-15)10-4-2-1-3-5-10/h1-8,15H,9H2,(H2,26,32)(H,27,30). The number of nitrogens with zero attached hydrogens (tertiary/aromatic N) is 2.